The van der Waals surface area contributed by atoms with Gasteiger partial charge in [0.25, 0.3) is 0 Å². The van der Waals surface area contributed by atoms with Crippen LogP contribution in [0.3, 0.4) is 0 Å². The van der Waals surface area contributed by atoms with E-state index in [2.05, 4.69) is 4.90 Å². The maximum Gasteiger partial charge on any atom is 0.134 e. The Kier molecular flexibility index (Phi) is 2.99. The smallest absolute Gasteiger partial charge is 0.134 e. The molecular weight excluding hydrogens is 214 g/mol. The van der Waals surface area contributed by atoms with E-state index in [-0.39, 0.29) is 5.60 Å². The van der Waals surface area contributed by atoms with Crippen LogP contribution in [-0.4, -0.2) is 40.5 Å². The predicted molar refractivity (Wildman–Crippen MR) is 65.7 cm³/mol. The SMILES string of the molecule is O=C1CCC(N2CCC3(O)CCCCC3C2)C1. The molecule has 96 valence electrons. The molecule has 0 bridgehead atoms. The zero-order valence-corrected chi connectivity index (χ0v) is 10.5. The van der Waals surface area contributed by atoms with Crippen LogP contribution < -0.4 is 0 Å². The fraction of sp³-hybridized carbons (Fsp3) is 0.929. The van der Waals surface area contributed by atoms with Gasteiger partial charge in [-0.25, -0.2) is 0 Å². The Balaban J connectivity index is 1.65. The first-order valence-corrected chi connectivity index (χ1v) is 7.15. The molecule has 0 aromatic carbocycles. The van der Waals surface area contributed by atoms with Crippen LogP contribution in [0.2, 0.25) is 0 Å². The highest BCUT2D eigenvalue weighted by atomic mass is 16.3. The van der Waals surface area contributed by atoms with Gasteiger partial charge < -0.3 is 5.11 Å². The number of rotatable bonds is 1. The third kappa shape index (κ3) is 2.15. The molecule has 3 fully saturated rings. The van der Waals surface area contributed by atoms with Gasteiger partial charge in [0.05, 0.1) is 5.60 Å². The Morgan fingerprint density at radius 3 is 2.88 bits per heavy atom. The van der Waals surface area contributed by atoms with Crippen LogP contribution in [0.15, 0.2) is 0 Å². The topological polar surface area (TPSA) is 40.5 Å². The normalized spacial score (nSPS) is 43.7. The minimum absolute atomic E-state index is 0.378. The van der Waals surface area contributed by atoms with Crippen LogP contribution in [0.5, 0.6) is 0 Å². The van der Waals surface area contributed by atoms with Crippen LogP contribution >= 0.6 is 0 Å². The summed E-state index contributed by atoms with van der Waals surface area (Å²) >= 11 is 0. The number of hydrogen-bond acceptors (Lipinski definition) is 3. The van der Waals surface area contributed by atoms with E-state index in [1.54, 1.807) is 0 Å². The first-order chi connectivity index (χ1) is 8.17. The molecule has 1 saturated heterocycles. The van der Waals surface area contributed by atoms with E-state index in [1.165, 1.54) is 19.3 Å². The number of aliphatic hydroxyl groups is 1. The number of nitrogens with zero attached hydrogens (tertiary/aromatic N) is 1. The molecule has 3 rings (SSSR count). The molecule has 3 atom stereocenters. The van der Waals surface area contributed by atoms with Gasteiger partial charge in [-0.2, -0.15) is 0 Å². The van der Waals surface area contributed by atoms with Crippen molar-refractivity contribution >= 4 is 5.78 Å². The van der Waals surface area contributed by atoms with Gasteiger partial charge in [-0.15, -0.1) is 0 Å². The highest BCUT2D eigenvalue weighted by Gasteiger charge is 2.44. The lowest BCUT2D eigenvalue weighted by Gasteiger charge is -2.49. The molecule has 0 spiro atoms. The molecule has 3 unspecified atom stereocenters. The fourth-order valence-corrected chi connectivity index (χ4v) is 4.03. The Morgan fingerprint density at radius 1 is 1.24 bits per heavy atom. The van der Waals surface area contributed by atoms with Crippen molar-refractivity contribution in [3.63, 3.8) is 0 Å². The van der Waals surface area contributed by atoms with Crippen LogP contribution in [-0.2, 0) is 4.79 Å². The molecule has 0 aromatic rings. The third-order valence-corrected chi connectivity index (χ3v) is 5.20. The average molecular weight is 237 g/mol. The predicted octanol–water partition coefficient (Wildman–Crippen LogP) is 1.73. The summed E-state index contributed by atoms with van der Waals surface area (Å²) in [6.45, 7) is 2.01. The van der Waals surface area contributed by atoms with Gasteiger partial charge in [0, 0.05) is 37.9 Å². The van der Waals surface area contributed by atoms with Crippen molar-refractivity contribution in [3.05, 3.63) is 0 Å². The maximum atomic E-state index is 11.4. The highest BCUT2D eigenvalue weighted by molar-refractivity contribution is 5.81. The molecule has 3 nitrogen and oxygen atoms in total. The van der Waals surface area contributed by atoms with E-state index in [0.29, 0.717) is 17.7 Å². The third-order valence-electron chi connectivity index (χ3n) is 5.20. The fourth-order valence-electron chi connectivity index (χ4n) is 4.03. The van der Waals surface area contributed by atoms with E-state index in [9.17, 15) is 9.90 Å². The van der Waals surface area contributed by atoms with E-state index >= 15 is 0 Å². The van der Waals surface area contributed by atoms with Gasteiger partial charge in [-0.1, -0.05) is 12.8 Å². The number of carbonyl (C=O) groups excluding carboxylic acids is 1. The van der Waals surface area contributed by atoms with Crippen LogP contribution in [0.4, 0.5) is 0 Å². The van der Waals surface area contributed by atoms with Crippen molar-refractivity contribution in [1.82, 2.24) is 4.90 Å². The maximum absolute atomic E-state index is 11.4. The van der Waals surface area contributed by atoms with Crippen molar-refractivity contribution in [3.8, 4) is 0 Å². The molecule has 1 aliphatic heterocycles. The molecule has 0 amide bonds. The Hall–Kier alpha value is -0.410. The number of ketones is 1. The second-order valence-corrected chi connectivity index (χ2v) is 6.23. The summed E-state index contributed by atoms with van der Waals surface area (Å²) in [5, 5.41) is 10.6. The highest BCUT2D eigenvalue weighted by Crippen LogP contribution is 2.41. The van der Waals surface area contributed by atoms with E-state index in [1.807, 2.05) is 0 Å². The summed E-state index contributed by atoms with van der Waals surface area (Å²) in [6, 6.07) is 0.481. The molecule has 0 aromatic heterocycles. The second-order valence-electron chi connectivity index (χ2n) is 6.23. The van der Waals surface area contributed by atoms with Crippen molar-refractivity contribution < 1.29 is 9.90 Å². The molecule has 1 heterocycles. The summed E-state index contributed by atoms with van der Waals surface area (Å²) in [6.07, 6.45) is 8.12. The van der Waals surface area contributed by atoms with E-state index in [4.69, 9.17) is 0 Å². The van der Waals surface area contributed by atoms with E-state index < -0.39 is 0 Å². The molecule has 1 N–H and O–H groups in total. The molecule has 3 heteroatoms. The lowest BCUT2D eigenvalue weighted by molar-refractivity contribution is -0.118. The van der Waals surface area contributed by atoms with Crippen molar-refractivity contribution in [2.24, 2.45) is 5.92 Å². The lowest BCUT2D eigenvalue weighted by atomic mass is 9.71. The zero-order chi connectivity index (χ0) is 11.9. The monoisotopic (exact) mass is 237 g/mol. The number of carbonyl (C=O) groups is 1. The first-order valence-electron chi connectivity index (χ1n) is 7.15. The molecule has 3 aliphatic rings. The largest absolute Gasteiger partial charge is 0.390 e. The Morgan fingerprint density at radius 2 is 2.12 bits per heavy atom. The molecule has 17 heavy (non-hydrogen) atoms. The number of piperidine rings is 1. The quantitative estimate of drug-likeness (QED) is 0.755. The van der Waals surface area contributed by atoms with Crippen LogP contribution in [0.1, 0.15) is 51.4 Å². The van der Waals surface area contributed by atoms with Crippen LogP contribution in [0.25, 0.3) is 0 Å². The van der Waals surface area contributed by atoms with Gasteiger partial charge in [0.15, 0.2) is 0 Å². The van der Waals surface area contributed by atoms with Crippen LogP contribution in [0, 0.1) is 5.92 Å². The Bertz CT molecular complexity index is 317. The molecule has 2 aliphatic carbocycles. The van der Waals surface area contributed by atoms with Crippen molar-refractivity contribution in [2.75, 3.05) is 13.1 Å². The number of Topliss-reactive ketones (excluding diaryl/α,β-unsaturated/α-hetero) is 1. The van der Waals surface area contributed by atoms with Gasteiger partial charge >= 0.3 is 0 Å². The number of hydrogen-bond donors (Lipinski definition) is 1. The second kappa shape index (κ2) is 4.36. The minimum atomic E-state index is -0.378. The van der Waals surface area contributed by atoms with Gasteiger partial charge in [0.1, 0.15) is 5.78 Å². The molecular formula is C14H23NO2. The molecule has 0 radical (unpaired) electrons. The summed E-state index contributed by atoms with van der Waals surface area (Å²) in [5.41, 5.74) is -0.378. The Labute approximate surface area is 103 Å². The summed E-state index contributed by atoms with van der Waals surface area (Å²) < 4.78 is 0. The lowest BCUT2D eigenvalue weighted by Crippen LogP contribution is -2.55. The van der Waals surface area contributed by atoms with Gasteiger partial charge in [-0.05, 0) is 25.7 Å². The number of likely N-dealkylation sites (tertiary alicyclic amines) is 1. The van der Waals surface area contributed by atoms with E-state index in [0.717, 1.165) is 45.2 Å². The first kappa shape index (κ1) is 11.7. The summed E-state index contributed by atoms with van der Waals surface area (Å²) in [7, 11) is 0. The summed E-state index contributed by atoms with van der Waals surface area (Å²) in [4.78, 5) is 13.8. The number of fused-ring (bicyclic) bond motifs is 1. The summed E-state index contributed by atoms with van der Waals surface area (Å²) in [5.74, 6) is 0.889. The minimum Gasteiger partial charge on any atom is -0.390 e. The van der Waals surface area contributed by atoms with Gasteiger partial charge in [0.2, 0.25) is 0 Å². The molecule has 2 saturated carbocycles. The van der Waals surface area contributed by atoms with Gasteiger partial charge in [-0.3, -0.25) is 9.69 Å². The van der Waals surface area contributed by atoms with Crippen molar-refractivity contribution in [1.29, 1.82) is 0 Å². The standard InChI is InChI=1S/C14H23NO2/c16-13-5-4-12(9-13)15-8-7-14(17)6-2-1-3-11(14)10-15/h11-12,17H,1-10H2. The zero-order valence-electron chi connectivity index (χ0n) is 10.5. The van der Waals surface area contributed by atoms with Crippen molar-refractivity contribution in [2.45, 2.75) is 63.0 Å². The average Bonchev–Trinajstić information content (AvgIpc) is 2.75.